The zero-order valence-electron chi connectivity index (χ0n) is 13.3. The van der Waals surface area contributed by atoms with E-state index in [9.17, 15) is 12.8 Å². The van der Waals surface area contributed by atoms with Gasteiger partial charge in [-0.25, -0.2) is 12.8 Å². The molecule has 1 fully saturated rings. The van der Waals surface area contributed by atoms with Crippen molar-refractivity contribution in [2.24, 2.45) is 5.11 Å². The van der Waals surface area contributed by atoms with Crippen LogP contribution in [0.5, 0.6) is 0 Å². The third kappa shape index (κ3) is 2.51. The van der Waals surface area contributed by atoms with Gasteiger partial charge in [-0.15, -0.1) is 0 Å². The summed E-state index contributed by atoms with van der Waals surface area (Å²) < 4.78 is 40.2. The summed E-state index contributed by atoms with van der Waals surface area (Å²) in [5.41, 5.74) is 12.0. The maximum Gasteiger partial charge on any atom is 0.160 e. The standard InChI is InChI=1S/C18H16FN3O2S/c19-13-6-5-12-7-11-3-1-2-4-15(11)17-9-14(10-21-22-20)25(23,24)18(17)16(12)8-13/h1-6,8,14,17-18H,7,9-10H2/t14-,17+,18+/m0/s1. The zero-order chi connectivity index (χ0) is 17.6. The molecule has 128 valence electrons. The molecule has 25 heavy (non-hydrogen) atoms. The number of hydrogen-bond acceptors (Lipinski definition) is 3. The fraction of sp³-hybridized carbons (Fsp3) is 0.333. The van der Waals surface area contributed by atoms with Crippen LogP contribution in [-0.4, -0.2) is 20.2 Å². The molecule has 0 unspecified atom stereocenters. The summed E-state index contributed by atoms with van der Waals surface area (Å²) in [6.45, 7) is -0.0847. The van der Waals surface area contributed by atoms with Gasteiger partial charge in [-0.1, -0.05) is 35.4 Å². The van der Waals surface area contributed by atoms with E-state index in [1.165, 1.54) is 12.1 Å². The lowest BCUT2D eigenvalue weighted by Crippen LogP contribution is -2.21. The summed E-state index contributed by atoms with van der Waals surface area (Å²) >= 11 is 0. The lowest BCUT2D eigenvalue weighted by molar-refractivity contribution is 0.580. The Morgan fingerprint density at radius 1 is 1.16 bits per heavy atom. The molecule has 0 amide bonds. The molecule has 1 heterocycles. The van der Waals surface area contributed by atoms with Gasteiger partial charge in [0.05, 0.1) is 10.5 Å². The molecular formula is C18H16FN3O2S. The second-order valence-corrected chi connectivity index (χ2v) is 8.96. The highest BCUT2D eigenvalue weighted by Gasteiger charge is 2.50. The van der Waals surface area contributed by atoms with Crippen molar-refractivity contribution in [3.05, 3.63) is 81.0 Å². The molecule has 0 spiro atoms. The molecule has 2 aromatic carbocycles. The van der Waals surface area contributed by atoms with Gasteiger partial charge >= 0.3 is 0 Å². The molecule has 0 radical (unpaired) electrons. The van der Waals surface area contributed by atoms with Gasteiger partial charge in [-0.05, 0) is 52.8 Å². The lowest BCUT2D eigenvalue weighted by atomic mass is 9.87. The molecule has 4 rings (SSSR count). The van der Waals surface area contributed by atoms with Gasteiger partial charge in [0, 0.05) is 17.4 Å². The van der Waals surface area contributed by atoms with Crippen LogP contribution in [0.25, 0.3) is 10.4 Å². The van der Waals surface area contributed by atoms with E-state index in [1.54, 1.807) is 6.07 Å². The maximum atomic E-state index is 13.9. The quantitative estimate of drug-likeness (QED) is 0.461. The van der Waals surface area contributed by atoms with Crippen LogP contribution in [0, 0.1) is 5.82 Å². The van der Waals surface area contributed by atoms with Crippen molar-refractivity contribution in [3.8, 4) is 0 Å². The Labute approximate surface area is 145 Å². The summed E-state index contributed by atoms with van der Waals surface area (Å²) in [7, 11) is -3.59. The van der Waals surface area contributed by atoms with Crippen LogP contribution < -0.4 is 0 Å². The van der Waals surface area contributed by atoms with Crippen molar-refractivity contribution < 1.29 is 12.8 Å². The Kier molecular flexibility index (Phi) is 3.78. The highest BCUT2D eigenvalue weighted by molar-refractivity contribution is 7.92. The van der Waals surface area contributed by atoms with Crippen LogP contribution in [-0.2, 0) is 16.3 Å². The minimum atomic E-state index is -3.59. The fourth-order valence-electron chi connectivity index (χ4n) is 4.22. The topological polar surface area (TPSA) is 82.9 Å². The van der Waals surface area contributed by atoms with Crippen LogP contribution in [0.3, 0.4) is 0 Å². The van der Waals surface area contributed by atoms with E-state index >= 15 is 0 Å². The van der Waals surface area contributed by atoms with Crippen LogP contribution in [0.2, 0.25) is 0 Å². The largest absolute Gasteiger partial charge is 0.228 e. The van der Waals surface area contributed by atoms with Crippen LogP contribution in [0.1, 0.15) is 39.8 Å². The number of fused-ring (bicyclic) bond motifs is 5. The third-order valence-corrected chi connectivity index (χ3v) is 7.86. The third-order valence-electron chi connectivity index (χ3n) is 5.30. The minimum absolute atomic E-state index is 0.0847. The van der Waals surface area contributed by atoms with E-state index in [4.69, 9.17) is 5.53 Å². The van der Waals surface area contributed by atoms with Crippen molar-refractivity contribution in [2.45, 2.75) is 29.3 Å². The zero-order valence-corrected chi connectivity index (χ0v) is 14.2. The molecule has 1 aliphatic carbocycles. The van der Waals surface area contributed by atoms with Crippen molar-refractivity contribution >= 4 is 9.84 Å². The Balaban J connectivity index is 1.95. The van der Waals surface area contributed by atoms with Gasteiger partial charge in [0.25, 0.3) is 0 Å². The van der Waals surface area contributed by atoms with E-state index in [2.05, 4.69) is 10.0 Å². The number of azide groups is 1. The van der Waals surface area contributed by atoms with Crippen LogP contribution in [0.15, 0.2) is 47.6 Å². The van der Waals surface area contributed by atoms with Gasteiger partial charge in [-0.3, -0.25) is 0 Å². The van der Waals surface area contributed by atoms with E-state index < -0.39 is 26.2 Å². The average molecular weight is 357 g/mol. The summed E-state index contributed by atoms with van der Waals surface area (Å²) in [4.78, 5) is 2.70. The predicted octanol–water partition coefficient (Wildman–Crippen LogP) is 4.05. The second kappa shape index (κ2) is 5.86. The van der Waals surface area contributed by atoms with E-state index in [0.717, 1.165) is 16.7 Å². The summed E-state index contributed by atoms with van der Waals surface area (Å²) in [6.07, 6.45) is 0.980. The van der Waals surface area contributed by atoms with E-state index in [0.29, 0.717) is 18.4 Å². The smallest absolute Gasteiger partial charge is 0.160 e. The van der Waals surface area contributed by atoms with Crippen LogP contribution in [0.4, 0.5) is 4.39 Å². The molecule has 2 aromatic rings. The molecule has 1 aliphatic heterocycles. The van der Waals surface area contributed by atoms with E-state index in [1.807, 2.05) is 24.3 Å². The first kappa shape index (κ1) is 16.1. The predicted molar refractivity (Wildman–Crippen MR) is 92.5 cm³/mol. The Bertz CT molecular complexity index is 999. The summed E-state index contributed by atoms with van der Waals surface area (Å²) in [6, 6.07) is 12.2. The van der Waals surface area contributed by atoms with Crippen molar-refractivity contribution in [2.75, 3.05) is 6.54 Å². The maximum absolute atomic E-state index is 13.9. The number of benzene rings is 2. The number of rotatable bonds is 2. The molecule has 0 N–H and O–H groups in total. The van der Waals surface area contributed by atoms with Gasteiger partial charge in [-0.2, -0.15) is 0 Å². The lowest BCUT2D eigenvalue weighted by Gasteiger charge is -2.19. The average Bonchev–Trinajstić information content (AvgIpc) is 2.76. The first-order valence-electron chi connectivity index (χ1n) is 8.12. The Morgan fingerprint density at radius 2 is 1.92 bits per heavy atom. The fourth-order valence-corrected chi connectivity index (χ4v) is 6.67. The highest BCUT2D eigenvalue weighted by atomic mass is 32.2. The minimum Gasteiger partial charge on any atom is -0.228 e. The van der Waals surface area contributed by atoms with Gasteiger partial charge < -0.3 is 0 Å². The van der Waals surface area contributed by atoms with Gasteiger partial charge in [0.1, 0.15) is 5.82 Å². The highest BCUT2D eigenvalue weighted by Crippen LogP contribution is 2.53. The molecule has 0 aromatic heterocycles. The first-order chi connectivity index (χ1) is 12.0. The first-order valence-corrected chi connectivity index (χ1v) is 9.73. The molecule has 5 nitrogen and oxygen atoms in total. The van der Waals surface area contributed by atoms with Crippen molar-refractivity contribution in [3.63, 3.8) is 0 Å². The number of nitrogens with zero attached hydrogens (tertiary/aromatic N) is 3. The normalized spacial score (nSPS) is 25.9. The van der Waals surface area contributed by atoms with Crippen molar-refractivity contribution in [1.29, 1.82) is 0 Å². The molecule has 2 aliphatic rings. The summed E-state index contributed by atoms with van der Waals surface area (Å²) in [5.74, 6) is -0.680. The van der Waals surface area contributed by atoms with Gasteiger partial charge in [0.2, 0.25) is 0 Å². The number of sulfone groups is 1. The molecule has 1 saturated heterocycles. The molecule has 3 atom stereocenters. The molecular weight excluding hydrogens is 341 g/mol. The molecule has 0 saturated carbocycles. The number of halogens is 1. The Morgan fingerprint density at radius 3 is 2.72 bits per heavy atom. The van der Waals surface area contributed by atoms with Crippen molar-refractivity contribution in [1.82, 2.24) is 0 Å². The summed E-state index contributed by atoms with van der Waals surface area (Å²) in [5, 5.41) is 1.96. The molecule has 7 heteroatoms. The van der Waals surface area contributed by atoms with Crippen LogP contribution >= 0.6 is 0 Å². The van der Waals surface area contributed by atoms with E-state index in [-0.39, 0.29) is 12.5 Å². The van der Waals surface area contributed by atoms with Gasteiger partial charge in [0.15, 0.2) is 9.84 Å². The number of hydrogen-bond donors (Lipinski definition) is 0. The second-order valence-electron chi connectivity index (χ2n) is 6.61. The Hall–Kier alpha value is -2.37. The molecule has 0 bridgehead atoms. The monoisotopic (exact) mass is 357 g/mol. The SMILES string of the molecule is [N-]=[N+]=NC[C@@H]1C[C@@H]2c3ccccc3Cc3ccc(F)cc3[C@H]2S1(=O)=O.